The Labute approximate surface area is 145 Å². The number of nitrogens with zero attached hydrogens (tertiary/aromatic N) is 3. The molecule has 0 aliphatic rings. The van der Waals surface area contributed by atoms with Crippen LogP contribution in [-0.2, 0) is 6.42 Å². The average Bonchev–Trinajstić information content (AvgIpc) is 3.10. The summed E-state index contributed by atoms with van der Waals surface area (Å²) in [5.41, 5.74) is 4.80. The minimum Gasteiger partial charge on any atom is -0.345 e. The fourth-order valence-corrected chi connectivity index (χ4v) is 2.67. The standard InChI is InChI=1S/C20H15N5/c1-2-14-4-3-5-15(10-14)11-20-21-9-8-19(25-20)24-16-6-7-17-18(12-16)23-13-22-17/h1,3-10,12-13H,11H2,(H,22,23)(H,21,24,25). The lowest BCUT2D eigenvalue weighted by molar-refractivity contribution is 0.971. The van der Waals surface area contributed by atoms with E-state index in [4.69, 9.17) is 6.42 Å². The third-order valence-corrected chi connectivity index (χ3v) is 3.85. The average molecular weight is 325 g/mol. The largest absolute Gasteiger partial charge is 0.345 e. The number of aromatic amines is 1. The van der Waals surface area contributed by atoms with Gasteiger partial charge in [0, 0.05) is 23.9 Å². The molecule has 5 heteroatoms. The van der Waals surface area contributed by atoms with Crippen molar-refractivity contribution in [1.82, 2.24) is 19.9 Å². The molecule has 25 heavy (non-hydrogen) atoms. The van der Waals surface area contributed by atoms with Crippen molar-refractivity contribution in [2.75, 3.05) is 5.32 Å². The summed E-state index contributed by atoms with van der Waals surface area (Å²) in [5, 5.41) is 3.30. The number of H-pyrrole nitrogens is 1. The van der Waals surface area contributed by atoms with Crippen LogP contribution < -0.4 is 5.32 Å². The molecule has 2 heterocycles. The van der Waals surface area contributed by atoms with E-state index in [0.717, 1.165) is 39.5 Å². The number of anilines is 2. The first-order valence-corrected chi connectivity index (χ1v) is 7.88. The molecule has 0 amide bonds. The first-order valence-electron chi connectivity index (χ1n) is 7.88. The minimum atomic E-state index is 0.630. The van der Waals surface area contributed by atoms with E-state index in [0.29, 0.717) is 6.42 Å². The van der Waals surface area contributed by atoms with Gasteiger partial charge in [-0.1, -0.05) is 18.1 Å². The summed E-state index contributed by atoms with van der Waals surface area (Å²) in [5.74, 6) is 4.13. The molecule has 5 nitrogen and oxygen atoms in total. The maximum absolute atomic E-state index is 5.46. The van der Waals surface area contributed by atoms with Crippen LogP contribution in [-0.4, -0.2) is 19.9 Å². The van der Waals surface area contributed by atoms with Crippen LogP contribution in [0.4, 0.5) is 11.5 Å². The van der Waals surface area contributed by atoms with Crippen LogP contribution in [0.1, 0.15) is 17.0 Å². The fraction of sp³-hybridized carbons (Fsp3) is 0.0500. The summed E-state index contributed by atoms with van der Waals surface area (Å²) in [6.45, 7) is 0. The summed E-state index contributed by atoms with van der Waals surface area (Å²) in [6.07, 6.45) is 9.52. The van der Waals surface area contributed by atoms with Gasteiger partial charge in [-0.2, -0.15) is 0 Å². The Morgan fingerprint density at radius 1 is 1.08 bits per heavy atom. The van der Waals surface area contributed by atoms with Gasteiger partial charge in [0.2, 0.25) is 0 Å². The highest BCUT2D eigenvalue weighted by atomic mass is 15.0. The zero-order valence-electron chi connectivity index (χ0n) is 13.4. The van der Waals surface area contributed by atoms with Gasteiger partial charge >= 0.3 is 0 Å². The highest BCUT2D eigenvalue weighted by Gasteiger charge is 2.04. The maximum atomic E-state index is 5.46. The summed E-state index contributed by atoms with van der Waals surface area (Å²) in [6, 6.07) is 15.6. The summed E-state index contributed by atoms with van der Waals surface area (Å²) >= 11 is 0. The quantitative estimate of drug-likeness (QED) is 0.562. The van der Waals surface area contributed by atoms with Crippen molar-refractivity contribution in [2.24, 2.45) is 0 Å². The van der Waals surface area contributed by atoms with Gasteiger partial charge in [-0.25, -0.2) is 15.0 Å². The van der Waals surface area contributed by atoms with Crippen molar-refractivity contribution in [2.45, 2.75) is 6.42 Å². The Kier molecular flexibility index (Phi) is 3.85. The van der Waals surface area contributed by atoms with Crippen molar-refractivity contribution in [3.8, 4) is 12.3 Å². The molecule has 120 valence electrons. The molecule has 0 bridgehead atoms. The third-order valence-electron chi connectivity index (χ3n) is 3.85. The van der Waals surface area contributed by atoms with Crippen molar-refractivity contribution in [1.29, 1.82) is 0 Å². The molecule has 0 saturated carbocycles. The maximum Gasteiger partial charge on any atom is 0.135 e. The van der Waals surface area contributed by atoms with Crippen LogP contribution >= 0.6 is 0 Å². The lowest BCUT2D eigenvalue weighted by Gasteiger charge is -2.07. The highest BCUT2D eigenvalue weighted by Crippen LogP contribution is 2.19. The van der Waals surface area contributed by atoms with Gasteiger partial charge in [0.1, 0.15) is 11.6 Å². The number of hydrogen-bond acceptors (Lipinski definition) is 4. The van der Waals surface area contributed by atoms with Crippen molar-refractivity contribution in [3.05, 3.63) is 78.0 Å². The van der Waals surface area contributed by atoms with Crippen molar-refractivity contribution in [3.63, 3.8) is 0 Å². The number of fused-ring (bicyclic) bond motifs is 1. The lowest BCUT2D eigenvalue weighted by Crippen LogP contribution is -2.00. The number of hydrogen-bond donors (Lipinski definition) is 2. The van der Waals surface area contributed by atoms with E-state index in [1.165, 1.54) is 0 Å². The molecule has 0 aliphatic heterocycles. The van der Waals surface area contributed by atoms with Crippen LogP contribution in [0, 0.1) is 12.3 Å². The van der Waals surface area contributed by atoms with Gasteiger partial charge in [0.15, 0.2) is 0 Å². The normalized spacial score (nSPS) is 10.5. The van der Waals surface area contributed by atoms with Gasteiger partial charge in [-0.05, 0) is 42.0 Å². The molecule has 0 aliphatic carbocycles. The van der Waals surface area contributed by atoms with Crippen LogP contribution in [0.25, 0.3) is 11.0 Å². The van der Waals surface area contributed by atoms with E-state index in [2.05, 4.69) is 31.2 Å². The number of terminal acetylenes is 1. The second kappa shape index (κ2) is 6.46. The number of imidazole rings is 1. The van der Waals surface area contributed by atoms with Gasteiger partial charge < -0.3 is 10.3 Å². The van der Waals surface area contributed by atoms with Crippen LogP contribution in [0.5, 0.6) is 0 Å². The monoisotopic (exact) mass is 325 g/mol. The van der Waals surface area contributed by atoms with E-state index in [1.54, 1.807) is 12.5 Å². The molecule has 4 aromatic rings. The molecule has 2 aromatic carbocycles. The van der Waals surface area contributed by atoms with E-state index in [9.17, 15) is 0 Å². The second-order valence-electron chi connectivity index (χ2n) is 5.64. The predicted octanol–water partition coefficient (Wildman–Crippen LogP) is 3.67. The Bertz CT molecular complexity index is 1070. The Morgan fingerprint density at radius 2 is 2.04 bits per heavy atom. The zero-order chi connectivity index (χ0) is 17.1. The van der Waals surface area contributed by atoms with Crippen LogP contribution in [0.15, 0.2) is 61.1 Å². The van der Waals surface area contributed by atoms with Gasteiger partial charge in [0.25, 0.3) is 0 Å². The first-order chi connectivity index (χ1) is 12.3. The Balaban J connectivity index is 1.55. The Morgan fingerprint density at radius 3 is 2.96 bits per heavy atom. The molecule has 0 radical (unpaired) electrons. The molecule has 0 saturated heterocycles. The first kappa shape index (κ1) is 14.9. The molecular weight excluding hydrogens is 310 g/mol. The SMILES string of the molecule is C#Cc1cccc(Cc2nccc(Nc3ccc4nc[nH]c4c3)n2)c1. The van der Waals surface area contributed by atoms with E-state index in [-0.39, 0.29) is 0 Å². The number of aromatic nitrogens is 4. The summed E-state index contributed by atoms with van der Waals surface area (Å²) in [4.78, 5) is 16.3. The number of rotatable bonds is 4. The topological polar surface area (TPSA) is 66.5 Å². The molecular formula is C20H15N5. The third kappa shape index (κ3) is 3.33. The smallest absolute Gasteiger partial charge is 0.135 e. The van der Waals surface area contributed by atoms with Crippen LogP contribution in [0.3, 0.4) is 0 Å². The summed E-state index contributed by atoms with van der Waals surface area (Å²) < 4.78 is 0. The molecule has 0 unspecified atom stereocenters. The minimum absolute atomic E-state index is 0.630. The Hall–Kier alpha value is -3.65. The van der Waals surface area contributed by atoms with E-state index < -0.39 is 0 Å². The second-order valence-corrected chi connectivity index (χ2v) is 5.64. The molecule has 0 atom stereocenters. The van der Waals surface area contributed by atoms with Gasteiger partial charge in [-0.3, -0.25) is 0 Å². The molecule has 0 spiro atoms. The van der Waals surface area contributed by atoms with Gasteiger partial charge in [-0.15, -0.1) is 6.42 Å². The van der Waals surface area contributed by atoms with Gasteiger partial charge in [0.05, 0.1) is 17.4 Å². The molecule has 4 rings (SSSR count). The number of nitrogens with one attached hydrogen (secondary N) is 2. The lowest BCUT2D eigenvalue weighted by atomic mass is 10.1. The molecule has 2 aromatic heterocycles. The zero-order valence-corrected chi connectivity index (χ0v) is 13.4. The summed E-state index contributed by atoms with van der Waals surface area (Å²) in [7, 11) is 0. The molecule has 0 fully saturated rings. The fourth-order valence-electron chi connectivity index (χ4n) is 2.67. The van der Waals surface area contributed by atoms with E-state index in [1.807, 2.05) is 48.5 Å². The number of benzene rings is 2. The van der Waals surface area contributed by atoms with E-state index >= 15 is 0 Å². The van der Waals surface area contributed by atoms with Crippen molar-refractivity contribution >= 4 is 22.5 Å². The van der Waals surface area contributed by atoms with Crippen molar-refractivity contribution < 1.29 is 0 Å². The highest BCUT2D eigenvalue weighted by molar-refractivity contribution is 5.79. The van der Waals surface area contributed by atoms with Crippen LogP contribution in [0.2, 0.25) is 0 Å². The predicted molar refractivity (Wildman–Crippen MR) is 98.6 cm³/mol. The molecule has 2 N–H and O–H groups in total.